The Labute approximate surface area is 120 Å². The van der Waals surface area contributed by atoms with Gasteiger partial charge in [-0.25, -0.2) is 0 Å². The number of halogens is 4. The highest BCUT2D eigenvalue weighted by atomic mass is 35.5. The molecule has 2 rings (SSSR count). The van der Waals surface area contributed by atoms with E-state index >= 15 is 0 Å². The van der Waals surface area contributed by atoms with Crippen LogP contribution in [0.15, 0.2) is 48.5 Å². The normalized spacial score (nSPS) is 11.6. The number of benzene rings is 2. The fraction of sp³-hybridized carbons (Fsp3) is 0.200. The predicted molar refractivity (Wildman–Crippen MR) is 73.4 cm³/mol. The zero-order chi connectivity index (χ0) is 14.6. The molecule has 2 aromatic rings. The topological polar surface area (TPSA) is 12.0 Å². The van der Waals surface area contributed by atoms with E-state index in [1.807, 2.05) is 18.2 Å². The molecule has 0 radical (unpaired) electrons. The van der Waals surface area contributed by atoms with Crippen molar-refractivity contribution in [1.29, 1.82) is 0 Å². The Balaban J connectivity index is 1.94. The average molecular weight is 300 g/mol. The van der Waals surface area contributed by atoms with Crippen molar-refractivity contribution in [2.24, 2.45) is 0 Å². The molecule has 0 aliphatic rings. The molecule has 1 N–H and O–H groups in total. The number of rotatable bonds is 4. The Hall–Kier alpha value is -1.52. The zero-order valence-electron chi connectivity index (χ0n) is 10.5. The van der Waals surface area contributed by atoms with Gasteiger partial charge >= 0.3 is 6.18 Å². The molecular weight excluding hydrogens is 287 g/mol. The lowest BCUT2D eigenvalue weighted by molar-refractivity contribution is -0.137. The van der Waals surface area contributed by atoms with Crippen LogP contribution in [0.3, 0.4) is 0 Å². The molecule has 0 saturated heterocycles. The first-order valence-electron chi connectivity index (χ1n) is 6.06. The maximum Gasteiger partial charge on any atom is 0.416 e. The SMILES string of the molecule is FC(F)(F)c1cccc(CNCc2cccc(Cl)c2)c1. The lowest BCUT2D eigenvalue weighted by Crippen LogP contribution is -2.13. The summed E-state index contributed by atoms with van der Waals surface area (Å²) in [7, 11) is 0. The Morgan fingerprint density at radius 1 is 0.900 bits per heavy atom. The number of hydrogen-bond acceptors (Lipinski definition) is 1. The van der Waals surface area contributed by atoms with Crippen LogP contribution in [0.4, 0.5) is 13.2 Å². The molecule has 0 atom stereocenters. The highest BCUT2D eigenvalue weighted by molar-refractivity contribution is 6.30. The van der Waals surface area contributed by atoms with E-state index in [-0.39, 0.29) is 0 Å². The summed E-state index contributed by atoms with van der Waals surface area (Å²) in [6.45, 7) is 0.924. The second-order valence-electron chi connectivity index (χ2n) is 4.43. The summed E-state index contributed by atoms with van der Waals surface area (Å²) in [5.74, 6) is 0. The third kappa shape index (κ3) is 4.25. The Morgan fingerprint density at radius 3 is 2.10 bits per heavy atom. The standard InChI is InChI=1S/C15H13ClF3N/c16-14-6-2-4-12(8-14)10-20-9-11-3-1-5-13(7-11)15(17,18)19/h1-8,20H,9-10H2. The van der Waals surface area contributed by atoms with Gasteiger partial charge in [0.1, 0.15) is 0 Å². The third-order valence-corrected chi connectivity index (χ3v) is 3.04. The minimum atomic E-state index is -4.30. The van der Waals surface area contributed by atoms with Crippen LogP contribution < -0.4 is 5.32 Å². The van der Waals surface area contributed by atoms with Crippen LogP contribution in [0.25, 0.3) is 0 Å². The number of alkyl halides is 3. The minimum absolute atomic E-state index is 0.371. The van der Waals surface area contributed by atoms with Crippen LogP contribution >= 0.6 is 11.6 Å². The quantitative estimate of drug-likeness (QED) is 0.866. The Kier molecular flexibility index (Phi) is 4.68. The van der Waals surface area contributed by atoms with Gasteiger partial charge in [0.05, 0.1) is 5.56 Å². The van der Waals surface area contributed by atoms with E-state index < -0.39 is 11.7 Å². The van der Waals surface area contributed by atoms with Crippen LogP contribution in [-0.2, 0) is 19.3 Å². The summed E-state index contributed by atoms with van der Waals surface area (Å²) in [6.07, 6.45) is -4.30. The first-order valence-corrected chi connectivity index (χ1v) is 6.44. The van der Waals surface area contributed by atoms with Crippen molar-refractivity contribution in [1.82, 2.24) is 5.32 Å². The summed E-state index contributed by atoms with van der Waals surface area (Å²) in [5, 5.41) is 3.74. The van der Waals surface area contributed by atoms with Crippen LogP contribution in [0.2, 0.25) is 5.02 Å². The molecule has 0 spiro atoms. The molecule has 5 heteroatoms. The molecular formula is C15H13ClF3N. The maximum atomic E-state index is 12.6. The molecule has 0 heterocycles. The van der Waals surface area contributed by atoms with Crippen molar-refractivity contribution in [3.05, 3.63) is 70.2 Å². The Morgan fingerprint density at radius 2 is 1.50 bits per heavy atom. The lowest BCUT2D eigenvalue weighted by Gasteiger charge is -2.09. The summed E-state index contributed by atoms with van der Waals surface area (Å²) in [6, 6.07) is 12.7. The fourth-order valence-electron chi connectivity index (χ4n) is 1.86. The molecule has 0 bridgehead atoms. The van der Waals surface area contributed by atoms with Gasteiger partial charge in [0.15, 0.2) is 0 Å². The smallest absolute Gasteiger partial charge is 0.309 e. The van der Waals surface area contributed by atoms with Gasteiger partial charge in [0, 0.05) is 18.1 Å². The van der Waals surface area contributed by atoms with Gasteiger partial charge < -0.3 is 5.32 Å². The molecule has 1 nitrogen and oxygen atoms in total. The van der Waals surface area contributed by atoms with Crippen molar-refractivity contribution in [3.8, 4) is 0 Å². The van der Waals surface area contributed by atoms with Gasteiger partial charge in [-0.1, -0.05) is 41.9 Å². The van der Waals surface area contributed by atoms with Gasteiger partial charge in [-0.3, -0.25) is 0 Å². The van der Waals surface area contributed by atoms with Crippen molar-refractivity contribution >= 4 is 11.6 Å². The first-order chi connectivity index (χ1) is 9.45. The van der Waals surface area contributed by atoms with Gasteiger partial charge in [0.25, 0.3) is 0 Å². The third-order valence-electron chi connectivity index (χ3n) is 2.80. The molecule has 0 aliphatic heterocycles. The van der Waals surface area contributed by atoms with E-state index in [0.29, 0.717) is 23.7 Å². The largest absolute Gasteiger partial charge is 0.416 e. The van der Waals surface area contributed by atoms with E-state index in [1.165, 1.54) is 6.07 Å². The van der Waals surface area contributed by atoms with Crippen LogP contribution in [0.1, 0.15) is 16.7 Å². The molecule has 0 aromatic heterocycles. The summed E-state index contributed by atoms with van der Waals surface area (Å²) in [4.78, 5) is 0. The fourth-order valence-corrected chi connectivity index (χ4v) is 2.07. The van der Waals surface area contributed by atoms with Crippen molar-refractivity contribution in [3.63, 3.8) is 0 Å². The second-order valence-corrected chi connectivity index (χ2v) is 4.87. The molecule has 0 amide bonds. The summed E-state index contributed by atoms with van der Waals surface area (Å²) in [5.41, 5.74) is 0.964. The highest BCUT2D eigenvalue weighted by Crippen LogP contribution is 2.29. The van der Waals surface area contributed by atoms with E-state index in [0.717, 1.165) is 17.7 Å². The van der Waals surface area contributed by atoms with E-state index in [4.69, 9.17) is 11.6 Å². The van der Waals surface area contributed by atoms with Crippen LogP contribution in [0.5, 0.6) is 0 Å². The van der Waals surface area contributed by atoms with Crippen molar-refractivity contribution in [2.75, 3.05) is 0 Å². The van der Waals surface area contributed by atoms with E-state index in [2.05, 4.69) is 5.32 Å². The minimum Gasteiger partial charge on any atom is -0.309 e. The lowest BCUT2D eigenvalue weighted by atomic mass is 10.1. The van der Waals surface area contributed by atoms with Crippen molar-refractivity contribution in [2.45, 2.75) is 19.3 Å². The van der Waals surface area contributed by atoms with Crippen LogP contribution in [-0.4, -0.2) is 0 Å². The Bertz CT molecular complexity index is 581. The first kappa shape index (κ1) is 14.9. The maximum absolute atomic E-state index is 12.6. The molecule has 20 heavy (non-hydrogen) atoms. The number of hydrogen-bond donors (Lipinski definition) is 1. The summed E-state index contributed by atoms with van der Waals surface area (Å²) < 4.78 is 37.7. The monoisotopic (exact) mass is 299 g/mol. The van der Waals surface area contributed by atoms with Gasteiger partial charge in [-0.05, 0) is 29.3 Å². The van der Waals surface area contributed by atoms with Crippen molar-refractivity contribution < 1.29 is 13.2 Å². The summed E-state index contributed by atoms with van der Waals surface area (Å²) >= 11 is 5.86. The molecule has 106 valence electrons. The second kappa shape index (κ2) is 6.29. The molecule has 0 fully saturated rings. The van der Waals surface area contributed by atoms with E-state index in [9.17, 15) is 13.2 Å². The molecule has 0 unspecified atom stereocenters. The molecule has 0 aliphatic carbocycles. The predicted octanol–water partition coefficient (Wildman–Crippen LogP) is 4.65. The van der Waals surface area contributed by atoms with E-state index in [1.54, 1.807) is 12.1 Å². The van der Waals surface area contributed by atoms with Gasteiger partial charge in [-0.15, -0.1) is 0 Å². The molecule has 2 aromatic carbocycles. The average Bonchev–Trinajstić information content (AvgIpc) is 2.38. The van der Waals surface area contributed by atoms with Gasteiger partial charge in [0.2, 0.25) is 0 Å². The number of nitrogens with one attached hydrogen (secondary N) is 1. The van der Waals surface area contributed by atoms with Crippen LogP contribution in [0, 0.1) is 0 Å². The zero-order valence-corrected chi connectivity index (χ0v) is 11.3. The molecule has 0 saturated carbocycles. The van der Waals surface area contributed by atoms with Gasteiger partial charge in [-0.2, -0.15) is 13.2 Å². The highest BCUT2D eigenvalue weighted by Gasteiger charge is 2.30.